The van der Waals surface area contributed by atoms with Crippen molar-refractivity contribution in [2.45, 2.75) is 5.75 Å². The quantitative estimate of drug-likeness (QED) is 0.619. The van der Waals surface area contributed by atoms with Crippen molar-refractivity contribution in [1.82, 2.24) is 5.43 Å². The monoisotopic (exact) mass is 352 g/mol. The molecule has 0 atom stereocenters. The van der Waals surface area contributed by atoms with Gasteiger partial charge in [-0.1, -0.05) is 47.5 Å². The lowest BCUT2D eigenvalue weighted by Gasteiger charge is -2.01. The van der Waals surface area contributed by atoms with Crippen LogP contribution in [0.5, 0.6) is 0 Å². The van der Waals surface area contributed by atoms with E-state index in [1.54, 1.807) is 18.3 Å². The Balaban J connectivity index is 1.69. The van der Waals surface area contributed by atoms with Gasteiger partial charge >= 0.3 is 0 Å². The van der Waals surface area contributed by atoms with E-state index in [0.717, 1.165) is 16.9 Å². The van der Waals surface area contributed by atoms with E-state index < -0.39 is 0 Å². The third-order valence-electron chi connectivity index (χ3n) is 2.69. The lowest BCUT2D eigenvalue weighted by atomic mass is 10.2. The first kappa shape index (κ1) is 16.9. The van der Waals surface area contributed by atoms with Gasteiger partial charge in [0.2, 0.25) is 5.91 Å². The maximum Gasteiger partial charge on any atom is 0.250 e. The van der Waals surface area contributed by atoms with E-state index in [-0.39, 0.29) is 5.91 Å². The minimum absolute atomic E-state index is 0.135. The molecular formula is C16H14Cl2N2OS. The summed E-state index contributed by atoms with van der Waals surface area (Å²) in [5.41, 5.74) is 4.50. The molecule has 0 saturated carbocycles. The SMILES string of the molecule is O=C(CSCc1ccc(Cl)cc1)N/N=C\c1ccc(Cl)cc1. The zero-order chi connectivity index (χ0) is 15.8. The molecule has 1 amide bonds. The summed E-state index contributed by atoms with van der Waals surface area (Å²) in [6, 6.07) is 14.8. The van der Waals surface area contributed by atoms with Crippen LogP contribution in [0.4, 0.5) is 0 Å². The Morgan fingerprint density at radius 2 is 1.64 bits per heavy atom. The average Bonchev–Trinajstić information content (AvgIpc) is 2.51. The first-order chi connectivity index (χ1) is 10.6. The second kappa shape index (κ2) is 8.83. The maximum atomic E-state index is 11.6. The number of nitrogens with zero attached hydrogens (tertiary/aromatic N) is 1. The molecule has 0 aromatic heterocycles. The third-order valence-corrected chi connectivity index (χ3v) is 4.20. The number of rotatable bonds is 6. The largest absolute Gasteiger partial charge is 0.272 e. The van der Waals surface area contributed by atoms with Crippen molar-refractivity contribution in [2.24, 2.45) is 5.10 Å². The Bertz CT molecular complexity index is 642. The number of carbonyl (C=O) groups excluding carboxylic acids is 1. The van der Waals surface area contributed by atoms with Crippen LogP contribution in [0, 0.1) is 0 Å². The number of thioether (sulfide) groups is 1. The highest BCUT2D eigenvalue weighted by Gasteiger charge is 2.00. The number of halogens is 2. The van der Waals surface area contributed by atoms with E-state index in [1.165, 1.54) is 11.8 Å². The molecule has 0 saturated heterocycles. The van der Waals surface area contributed by atoms with E-state index in [1.807, 2.05) is 36.4 Å². The summed E-state index contributed by atoms with van der Waals surface area (Å²) in [6.45, 7) is 0. The standard InChI is InChI=1S/C16H14Cl2N2OS/c17-14-5-1-12(2-6-14)9-19-20-16(21)11-22-10-13-3-7-15(18)8-4-13/h1-9H,10-11H2,(H,20,21)/b19-9-. The van der Waals surface area contributed by atoms with Crippen molar-refractivity contribution in [3.8, 4) is 0 Å². The summed E-state index contributed by atoms with van der Waals surface area (Å²) >= 11 is 13.1. The Kier molecular flexibility index (Phi) is 6.77. The van der Waals surface area contributed by atoms with Crippen molar-refractivity contribution >= 4 is 47.1 Å². The van der Waals surface area contributed by atoms with E-state index in [0.29, 0.717) is 15.8 Å². The van der Waals surface area contributed by atoms with Crippen LogP contribution in [0.15, 0.2) is 53.6 Å². The first-order valence-corrected chi connectivity index (χ1v) is 8.44. The van der Waals surface area contributed by atoms with Gasteiger partial charge in [0.25, 0.3) is 0 Å². The molecule has 2 aromatic carbocycles. The molecule has 1 N–H and O–H groups in total. The normalized spacial score (nSPS) is 10.8. The number of carbonyl (C=O) groups is 1. The smallest absolute Gasteiger partial charge is 0.250 e. The number of amides is 1. The molecule has 6 heteroatoms. The summed E-state index contributed by atoms with van der Waals surface area (Å²) < 4.78 is 0. The van der Waals surface area contributed by atoms with Gasteiger partial charge in [-0.15, -0.1) is 11.8 Å². The van der Waals surface area contributed by atoms with Gasteiger partial charge in [-0.05, 0) is 35.4 Å². The second-order valence-electron chi connectivity index (χ2n) is 4.46. The molecule has 114 valence electrons. The van der Waals surface area contributed by atoms with E-state index in [4.69, 9.17) is 23.2 Å². The highest BCUT2D eigenvalue weighted by molar-refractivity contribution is 7.99. The number of hydrogen-bond donors (Lipinski definition) is 1. The minimum atomic E-state index is -0.135. The molecule has 2 rings (SSSR count). The fourth-order valence-electron chi connectivity index (χ4n) is 1.60. The molecular weight excluding hydrogens is 339 g/mol. The fourth-order valence-corrected chi connectivity index (χ4v) is 2.63. The Morgan fingerprint density at radius 3 is 2.27 bits per heavy atom. The molecule has 22 heavy (non-hydrogen) atoms. The Morgan fingerprint density at radius 1 is 1.05 bits per heavy atom. The van der Waals surface area contributed by atoms with Crippen LogP contribution in [0.3, 0.4) is 0 Å². The van der Waals surface area contributed by atoms with Gasteiger partial charge < -0.3 is 0 Å². The summed E-state index contributed by atoms with van der Waals surface area (Å²) in [5, 5.41) is 5.29. The van der Waals surface area contributed by atoms with Gasteiger partial charge in [0, 0.05) is 15.8 Å². The number of benzene rings is 2. The molecule has 0 aliphatic carbocycles. The van der Waals surface area contributed by atoms with Gasteiger partial charge in [0.1, 0.15) is 0 Å². The average molecular weight is 353 g/mol. The van der Waals surface area contributed by atoms with Gasteiger partial charge in [-0.25, -0.2) is 5.43 Å². The Hall–Kier alpha value is -1.49. The molecule has 3 nitrogen and oxygen atoms in total. The summed E-state index contributed by atoms with van der Waals surface area (Å²) in [5.74, 6) is 0.968. The van der Waals surface area contributed by atoms with Gasteiger partial charge in [-0.3, -0.25) is 4.79 Å². The van der Waals surface area contributed by atoms with Crippen LogP contribution in [-0.2, 0) is 10.5 Å². The van der Waals surface area contributed by atoms with E-state index in [2.05, 4.69) is 10.5 Å². The van der Waals surface area contributed by atoms with Gasteiger partial charge in [-0.2, -0.15) is 5.10 Å². The molecule has 2 aromatic rings. The lowest BCUT2D eigenvalue weighted by Crippen LogP contribution is -2.19. The fraction of sp³-hybridized carbons (Fsp3) is 0.125. The number of nitrogens with one attached hydrogen (secondary N) is 1. The molecule has 0 aliphatic rings. The maximum absolute atomic E-state index is 11.6. The van der Waals surface area contributed by atoms with Crippen LogP contribution < -0.4 is 5.43 Å². The summed E-state index contributed by atoms with van der Waals surface area (Å²) in [7, 11) is 0. The molecule has 0 aliphatic heterocycles. The first-order valence-electron chi connectivity index (χ1n) is 6.53. The minimum Gasteiger partial charge on any atom is -0.272 e. The summed E-state index contributed by atoms with van der Waals surface area (Å²) in [6.07, 6.45) is 1.58. The highest BCUT2D eigenvalue weighted by atomic mass is 35.5. The van der Waals surface area contributed by atoms with Crippen molar-refractivity contribution in [1.29, 1.82) is 0 Å². The molecule has 0 spiro atoms. The zero-order valence-corrected chi connectivity index (χ0v) is 14.0. The second-order valence-corrected chi connectivity index (χ2v) is 6.32. The summed E-state index contributed by atoms with van der Waals surface area (Å²) in [4.78, 5) is 11.6. The van der Waals surface area contributed by atoms with Crippen molar-refractivity contribution in [3.05, 3.63) is 69.7 Å². The molecule has 0 fully saturated rings. The van der Waals surface area contributed by atoms with E-state index in [9.17, 15) is 4.79 Å². The topological polar surface area (TPSA) is 41.5 Å². The molecule has 0 bridgehead atoms. The predicted molar refractivity (Wildman–Crippen MR) is 94.8 cm³/mol. The van der Waals surface area contributed by atoms with Crippen LogP contribution >= 0.6 is 35.0 Å². The number of hydrazone groups is 1. The lowest BCUT2D eigenvalue weighted by molar-refractivity contribution is -0.118. The van der Waals surface area contributed by atoms with Crippen molar-refractivity contribution in [3.63, 3.8) is 0 Å². The van der Waals surface area contributed by atoms with Crippen molar-refractivity contribution < 1.29 is 4.79 Å². The van der Waals surface area contributed by atoms with E-state index >= 15 is 0 Å². The van der Waals surface area contributed by atoms with Gasteiger partial charge in [0.05, 0.1) is 12.0 Å². The Labute approximate surface area is 143 Å². The molecule has 0 radical (unpaired) electrons. The molecule has 0 heterocycles. The van der Waals surface area contributed by atoms with Crippen molar-refractivity contribution in [2.75, 3.05) is 5.75 Å². The van der Waals surface area contributed by atoms with Crippen LogP contribution in [-0.4, -0.2) is 17.9 Å². The predicted octanol–water partition coefficient (Wildman–Crippen LogP) is 4.38. The highest BCUT2D eigenvalue weighted by Crippen LogP contribution is 2.15. The zero-order valence-electron chi connectivity index (χ0n) is 11.6. The van der Waals surface area contributed by atoms with Gasteiger partial charge in [0.15, 0.2) is 0 Å². The number of hydrogen-bond acceptors (Lipinski definition) is 3. The van der Waals surface area contributed by atoms with Crippen LogP contribution in [0.2, 0.25) is 10.0 Å². The van der Waals surface area contributed by atoms with Crippen LogP contribution in [0.25, 0.3) is 0 Å². The molecule has 0 unspecified atom stereocenters. The third kappa shape index (κ3) is 6.10. The van der Waals surface area contributed by atoms with Crippen LogP contribution in [0.1, 0.15) is 11.1 Å².